The number of likely N-dealkylation sites (tertiary alicyclic amines) is 1. The van der Waals surface area contributed by atoms with Gasteiger partial charge < -0.3 is 24.5 Å². The number of alkyl halides is 1. The summed E-state index contributed by atoms with van der Waals surface area (Å²) < 4.78 is 6.71. The Labute approximate surface area is 256 Å². The van der Waals surface area contributed by atoms with E-state index in [1.54, 1.807) is 22.0 Å². The van der Waals surface area contributed by atoms with Gasteiger partial charge in [0, 0.05) is 30.1 Å². The average molecular weight is 639 g/mol. The molecule has 3 saturated heterocycles. The van der Waals surface area contributed by atoms with Crippen LogP contribution in [0.15, 0.2) is 67.8 Å². The van der Waals surface area contributed by atoms with Crippen molar-refractivity contribution in [3.05, 3.63) is 67.8 Å². The number of hydrogen-bond donors (Lipinski definition) is 1. The number of halogens is 1. The maximum Gasteiger partial charge on any atom is 0.253 e. The second-order valence-corrected chi connectivity index (χ2v) is 12.7. The molecule has 1 N–H and O–H groups in total. The molecule has 3 heterocycles. The molecule has 3 aliphatic heterocycles. The zero-order valence-corrected chi connectivity index (χ0v) is 25.9. The lowest BCUT2D eigenvalue weighted by molar-refractivity contribution is -0.147. The number of anilines is 1. The van der Waals surface area contributed by atoms with Crippen molar-refractivity contribution in [1.29, 1.82) is 0 Å². The van der Waals surface area contributed by atoms with Gasteiger partial charge in [0.2, 0.25) is 11.8 Å². The first-order chi connectivity index (χ1) is 20.3. The first-order valence-corrected chi connectivity index (χ1v) is 15.7. The van der Waals surface area contributed by atoms with E-state index in [-0.39, 0.29) is 35.7 Å². The molecule has 0 aliphatic carbocycles. The Morgan fingerprint density at radius 2 is 1.86 bits per heavy atom. The van der Waals surface area contributed by atoms with Gasteiger partial charge in [-0.3, -0.25) is 14.4 Å². The van der Waals surface area contributed by atoms with Crippen LogP contribution >= 0.6 is 15.9 Å². The Hall–Kier alpha value is -3.01. The Morgan fingerprint density at radius 1 is 1.14 bits per heavy atom. The average Bonchev–Trinajstić information content (AvgIpc) is 3.59. The van der Waals surface area contributed by atoms with Gasteiger partial charge in [0.15, 0.2) is 0 Å². The third-order valence-electron chi connectivity index (χ3n) is 9.10. The largest absolute Gasteiger partial charge is 0.394 e. The minimum absolute atomic E-state index is 0.159. The van der Waals surface area contributed by atoms with E-state index in [1.807, 2.05) is 56.3 Å². The molecule has 3 fully saturated rings. The Kier molecular flexibility index (Phi) is 8.92. The van der Waals surface area contributed by atoms with Crippen LogP contribution in [0.3, 0.4) is 0 Å². The topological polar surface area (TPSA) is 90.4 Å². The minimum atomic E-state index is -1.21. The standard InChI is InChI=1S/C33H40BrN3O5/c1-5-15-35(16-6-2)30(39)26-27-31(40)37(23(8-4)20-38)29(33(27)19-25(34)28(26)42-33)32(41)36(17-7-3)24-14-13-21-11-9-10-12-22(21)18-24/h5,7,9-14,18,23,25-29,38H,1,3,6,8,15-17,19-20H2,2,4H3/t23-,25?,26-,27-,28-,29?,33?/m0/s1. The summed E-state index contributed by atoms with van der Waals surface area (Å²) in [5.41, 5.74) is -0.531. The van der Waals surface area contributed by atoms with Crippen LogP contribution in [0.5, 0.6) is 0 Å². The molecule has 3 amide bonds. The van der Waals surface area contributed by atoms with E-state index >= 15 is 0 Å². The first kappa shape index (κ1) is 30.4. The molecule has 7 atom stereocenters. The summed E-state index contributed by atoms with van der Waals surface area (Å²) in [6, 6.07) is 12.1. The van der Waals surface area contributed by atoms with Gasteiger partial charge in [-0.25, -0.2) is 0 Å². The van der Waals surface area contributed by atoms with Gasteiger partial charge in [-0.1, -0.05) is 72.3 Å². The summed E-state index contributed by atoms with van der Waals surface area (Å²) in [5.74, 6) is -2.34. The van der Waals surface area contributed by atoms with Crippen molar-refractivity contribution in [3.63, 3.8) is 0 Å². The van der Waals surface area contributed by atoms with Crippen LogP contribution in [0, 0.1) is 11.8 Å². The molecule has 0 aromatic heterocycles. The molecule has 9 heteroatoms. The number of amides is 3. The summed E-state index contributed by atoms with van der Waals surface area (Å²) >= 11 is 3.75. The van der Waals surface area contributed by atoms with Crippen LogP contribution in [0.2, 0.25) is 0 Å². The summed E-state index contributed by atoms with van der Waals surface area (Å²) in [5, 5.41) is 12.4. The quantitative estimate of drug-likeness (QED) is 0.277. The molecule has 42 heavy (non-hydrogen) atoms. The SMILES string of the molecule is C=CCN(CCC)C(=O)[C@H]1[C@H]2C(=O)N([C@@H](CC)CO)C(C(=O)N(CC=C)c3ccc4ccccc4c3)C23CC(Br)[C@@H]1O3. The molecule has 0 radical (unpaired) electrons. The molecule has 2 aromatic carbocycles. The maximum atomic E-state index is 14.8. The molecular formula is C33H40BrN3O5. The summed E-state index contributed by atoms with van der Waals surface area (Å²) in [7, 11) is 0. The van der Waals surface area contributed by atoms with Crippen LogP contribution in [0.1, 0.15) is 33.1 Å². The second-order valence-electron chi connectivity index (χ2n) is 11.5. The van der Waals surface area contributed by atoms with Crippen LogP contribution in [0.4, 0.5) is 5.69 Å². The van der Waals surface area contributed by atoms with Crippen molar-refractivity contribution in [2.24, 2.45) is 11.8 Å². The zero-order chi connectivity index (χ0) is 30.2. The van der Waals surface area contributed by atoms with E-state index in [9.17, 15) is 19.5 Å². The lowest BCUT2D eigenvalue weighted by atomic mass is 9.70. The summed E-state index contributed by atoms with van der Waals surface area (Å²) in [6.45, 7) is 12.4. The van der Waals surface area contributed by atoms with Gasteiger partial charge in [0.05, 0.1) is 30.6 Å². The van der Waals surface area contributed by atoms with E-state index in [0.29, 0.717) is 31.6 Å². The lowest BCUT2D eigenvalue weighted by Gasteiger charge is -2.39. The number of hydrogen-bond acceptors (Lipinski definition) is 5. The third-order valence-corrected chi connectivity index (χ3v) is 9.94. The predicted octanol–water partition coefficient (Wildman–Crippen LogP) is 4.30. The predicted molar refractivity (Wildman–Crippen MR) is 167 cm³/mol. The van der Waals surface area contributed by atoms with E-state index in [0.717, 1.165) is 17.2 Å². The highest BCUT2D eigenvalue weighted by Crippen LogP contribution is 2.61. The molecule has 1 spiro atoms. The van der Waals surface area contributed by atoms with Crippen molar-refractivity contribution in [2.45, 2.75) is 61.7 Å². The number of carbonyl (C=O) groups excluding carboxylic acids is 3. The highest BCUT2D eigenvalue weighted by atomic mass is 79.9. The number of rotatable bonds is 12. The van der Waals surface area contributed by atoms with Gasteiger partial charge in [-0.05, 0) is 42.2 Å². The molecule has 5 rings (SSSR count). The monoisotopic (exact) mass is 637 g/mol. The summed E-state index contributed by atoms with van der Waals surface area (Å²) in [4.78, 5) is 48.0. The molecule has 8 nitrogen and oxygen atoms in total. The fourth-order valence-corrected chi connectivity index (χ4v) is 8.25. The van der Waals surface area contributed by atoms with Crippen molar-refractivity contribution in [3.8, 4) is 0 Å². The number of aliphatic hydroxyl groups excluding tert-OH is 1. The number of nitrogens with zero attached hydrogens (tertiary/aromatic N) is 3. The van der Waals surface area contributed by atoms with Crippen molar-refractivity contribution in [2.75, 3.05) is 31.1 Å². The number of fused-ring (bicyclic) bond motifs is 2. The highest BCUT2D eigenvalue weighted by molar-refractivity contribution is 9.09. The lowest BCUT2D eigenvalue weighted by Crippen LogP contribution is -2.59. The normalized spacial score (nSPS) is 28.5. The maximum absolute atomic E-state index is 14.8. The van der Waals surface area contributed by atoms with Gasteiger partial charge in [0.1, 0.15) is 11.6 Å². The fraction of sp³-hybridized carbons (Fsp3) is 0.485. The highest BCUT2D eigenvalue weighted by Gasteiger charge is 2.77. The van der Waals surface area contributed by atoms with Gasteiger partial charge in [-0.15, -0.1) is 13.2 Å². The van der Waals surface area contributed by atoms with E-state index in [2.05, 4.69) is 29.1 Å². The van der Waals surface area contributed by atoms with Crippen molar-refractivity contribution < 1.29 is 24.2 Å². The molecule has 3 aliphatic rings. The van der Waals surface area contributed by atoms with Gasteiger partial charge in [-0.2, -0.15) is 0 Å². The molecule has 224 valence electrons. The third kappa shape index (κ3) is 4.79. The van der Waals surface area contributed by atoms with E-state index in [4.69, 9.17) is 4.74 Å². The van der Waals surface area contributed by atoms with Gasteiger partial charge in [0.25, 0.3) is 5.91 Å². The number of benzene rings is 2. The smallest absolute Gasteiger partial charge is 0.253 e. The number of aliphatic hydroxyl groups is 1. The minimum Gasteiger partial charge on any atom is -0.394 e. The van der Waals surface area contributed by atoms with E-state index < -0.39 is 35.6 Å². The summed E-state index contributed by atoms with van der Waals surface area (Å²) in [6.07, 6.45) is 4.42. The number of carbonyl (C=O) groups is 3. The van der Waals surface area contributed by atoms with Crippen molar-refractivity contribution in [1.82, 2.24) is 9.80 Å². The molecule has 2 aromatic rings. The Balaban J connectivity index is 1.61. The van der Waals surface area contributed by atoms with Crippen LogP contribution in [-0.4, -0.2) is 87.5 Å². The Bertz CT molecular complexity index is 1380. The molecule has 3 unspecified atom stereocenters. The van der Waals surface area contributed by atoms with Crippen LogP contribution in [0.25, 0.3) is 10.8 Å². The molecule has 2 bridgehead atoms. The number of ether oxygens (including phenoxy) is 1. The molecular weight excluding hydrogens is 598 g/mol. The van der Waals surface area contributed by atoms with Crippen LogP contribution < -0.4 is 4.90 Å². The van der Waals surface area contributed by atoms with Crippen molar-refractivity contribution >= 4 is 50.1 Å². The Morgan fingerprint density at radius 3 is 2.50 bits per heavy atom. The fourth-order valence-electron chi connectivity index (χ4n) is 7.31. The second kappa shape index (κ2) is 12.3. The molecule has 0 saturated carbocycles. The first-order valence-electron chi connectivity index (χ1n) is 14.8. The van der Waals surface area contributed by atoms with Crippen LogP contribution in [-0.2, 0) is 19.1 Å². The zero-order valence-electron chi connectivity index (χ0n) is 24.3. The van der Waals surface area contributed by atoms with Gasteiger partial charge >= 0.3 is 0 Å². The van der Waals surface area contributed by atoms with E-state index in [1.165, 1.54) is 4.90 Å².